The first-order valence-electron chi connectivity index (χ1n) is 9.15. The summed E-state index contributed by atoms with van der Waals surface area (Å²) in [5, 5.41) is 4.06. The molecule has 0 unspecified atom stereocenters. The summed E-state index contributed by atoms with van der Waals surface area (Å²) >= 11 is 0. The van der Waals surface area contributed by atoms with Crippen molar-refractivity contribution in [2.45, 2.75) is 13.0 Å². The maximum atomic E-state index is 12.8. The van der Waals surface area contributed by atoms with Crippen molar-refractivity contribution in [2.75, 3.05) is 45.7 Å². The molecule has 144 valence electrons. The number of amides is 2. The lowest BCUT2D eigenvalue weighted by atomic mass is 9.89. The van der Waals surface area contributed by atoms with Gasteiger partial charge >= 0.3 is 6.03 Å². The molecule has 0 bridgehead atoms. The van der Waals surface area contributed by atoms with Crippen molar-refractivity contribution in [3.8, 4) is 5.75 Å². The largest absolute Gasteiger partial charge is 0.497 e. The van der Waals surface area contributed by atoms with Crippen molar-refractivity contribution in [2.24, 2.45) is 11.8 Å². The predicted octanol–water partition coefficient (Wildman–Crippen LogP) is 2.18. The number of nitrogens with zero attached hydrogens (tertiary/aromatic N) is 5. The van der Waals surface area contributed by atoms with Gasteiger partial charge in [0.15, 0.2) is 0 Å². The average Bonchev–Trinajstić information content (AvgIpc) is 3.34. The van der Waals surface area contributed by atoms with Crippen LogP contribution in [0, 0.1) is 18.8 Å². The van der Waals surface area contributed by atoms with Gasteiger partial charge in [0, 0.05) is 52.5 Å². The van der Waals surface area contributed by atoms with E-state index in [2.05, 4.69) is 27.2 Å². The molecule has 4 rings (SSSR count). The second kappa shape index (κ2) is 6.75. The molecule has 0 aliphatic carbocycles. The number of anilines is 1. The van der Waals surface area contributed by atoms with Gasteiger partial charge in [0.25, 0.3) is 5.95 Å². The van der Waals surface area contributed by atoms with Gasteiger partial charge in [0.2, 0.25) is 5.89 Å². The van der Waals surface area contributed by atoms with Crippen LogP contribution >= 0.6 is 0 Å². The van der Waals surface area contributed by atoms with Crippen LogP contribution in [0.15, 0.2) is 28.8 Å². The van der Waals surface area contributed by atoms with Crippen molar-refractivity contribution < 1.29 is 14.1 Å². The Hall–Kier alpha value is -2.77. The number of aryl methyl sites for hydroxylation is 1. The van der Waals surface area contributed by atoms with Crippen molar-refractivity contribution in [3.63, 3.8) is 0 Å². The van der Waals surface area contributed by atoms with E-state index in [9.17, 15) is 4.79 Å². The summed E-state index contributed by atoms with van der Waals surface area (Å²) in [6, 6.07) is 8.10. The van der Waals surface area contributed by atoms with Crippen molar-refractivity contribution >= 4 is 12.0 Å². The van der Waals surface area contributed by atoms with Gasteiger partial charge in [-0.25, -0.2) is 4.79 Å². The highest BCUT2D eigenvalue weighted by Gasteiger charge is 2.50. The molecule has 2 amide bonds. The minimum atomic E-state index is 0.0220. The van der Waals surface area contributed by atoms with E-state index in [0.29, 0.717) is 23.7 Å². The van der Waals surface area contributed by atoms with Crippen LogP contribution in [-0.4, -0.2) is 66.8 Å². The fourth-order valence-corrected chi connectivity index (χ4v) is 4.31. The van der Waals surface area contributed by atoms with Gasteiger partial charge in [-0.05, 0) is 22.9 Å². The van der Waals surface area contributed by atoms with Crippen LogP contribution in [0.2, 0.25) is 0 Å². The van der Waals surface area contributed by atoms with Crippen LogP contribution < -0.4 is 9.64 Å². The first-order chi connectivity index (χ1) is 13.0. The number of carbonyl (C=O) groups excluding carboxylic acids is 1. The van der Waals surface area contributed by atoms with Gasteiger partial charge in [0.05, 0.1) is 13.2 Å². The van der Waals surface area contributed by atoms with Crippen molar-refractivity contribution in [1.29, 1.82) is 0 Å². The lowest BCUT2D eigenvalue weighted by Gasteiger charge is -2.31. The molecule has 2 saturated heterocycles. The van der Waals surface area contributed by atoms with Gasteiger partial charge < -0.3 is 24.0 Å². The lowest BCUT2D eigenvalue weighted by Crippen LogP contribution is -2.41. The van der Waals surface area contributed by atoms with E-state index in [1.54, 1.807) is 33.0 Å². The summed E-state index contributed by atoms with van der Waals surface area (Å²) in [6.45, 7) is 4.15. The number of aromatic nitrogens is 2. The van der Waals surface area contributed by atoms with Gasteiger partial charge in [-0.3, -0.25) is 0 Å². The lowest BCUT2D eigenvalue weighted by molar-refractivity contribution is 0.159. The molecule has 27 heavy (non-hydrogen) atoms. The molecule has 3 heterocycles. The highest BCUT2D eigenvalue weighted by molar-refractivity contribution is 5.75. The first-order valence-corrected chi connectivity index (χ1v) is 9.15. The molecule has 0 saturated carbocycles. The molecule has 1 aromatic heterocycles. The third-order valence-corrected chi connectivity index (χ3v) is 5.55. The van der Waals surface area contributed by atoms with Crippen LogP contribution in [0.1, 0.15) is 17.5 Å². The Bertz CT molecular complexity index is 819. The van der Waals surface area contributed by atoms with E-state index in [1.165, 1.54) is 0 Å². The number of hydrogen-bond acceptors (Lipinski definition) is 6. The zero-order valence-electron chi connectivity index (χ0n) is 16.1. The molecule has 2 fully saturated rings. The molecule has 0 radical (unpaired) electrons. The molecular formula is C19H25N5O3. The number of fused-ring (bicyclic) bond motifs is 1. The Morgan fingerprint density at radius 1 is 1.22 bits per heavy atom. The molecule has 2 aliphatic heterocycles. The number of ether oxygens (including phenoxy) is 1. The SMILES string of the molecule is COc1ccc([C@H]2[C@@H]3CN(c4noc(C)n4)C[C@@H]3CN2C(=O)N(C)C)cc1. The first kappa shape index (κ1) is 17.6. The molecule has 3 atom stereocenters. The van der Waals surface area contributed by atoms with Gasteiger partial charge in [-0.2, -0.15) is 4.98 Å². The molecule has 2 aromatic rings. The van der Waals surface area contributed by atoms with Crippen LogP contribution in [0.5, 0.6) is 5.75 Å². The van der Waals surface area contributed by atoms with Crippen molar-refractivity contribution in [3.05, 3.63) is 35.7 Å². The van der Waals surface area contributed by atoms with Crippen LogP contribution in [0.3, 0.4) is 0 Å². The third kappa shape index (κ3) is 3.09. The summed E-state index contributed by atoms with van der Waals surface area (Å²) < 4.78 is 10.4. The zero-order chi connectivity index (χ0) is 19.1. The molecule has 2 aliphatic rings. The van der Waals surface area contributed by atoms with Crippen LogP contribution in [0.4, 0.5) is 10.7 Å². The number of urea groups is 1. The second-order valence-electron chi connectivity index (χ2n) is 7.49. The maximum Gasteiger partial charge on any atom is 0.320 e. The van der Waals surface area contributed by atoms with Crippen molar-refractivity contribution in [1.82, 2.24) is 19.9 Å². The summed E-state index contributed by atoms with van der Waals surface area (Å²) in [5.74, 6) is 2.72. The number of benzene rings is 1. The number of methoxy groups -OCH3 is 1. The van der Waals surface area contributed by atoms with E-state index in [0.717, 1.165) is 30.9 Å². The molecule has 8 nitrogen and oxygen atoms in total. The fourth-order valence-electron chi connectivity index (χ4n) is 4.31. The summed E-state index contributed by atoms with van der Waals surface area (Å²) in [4.78, 5) is 23.0. The van der Waals surface area contributed by atoms with E-state index in [-0.39, 0.29) is 12.1 Å². The van der Waals surface area contributed by atoms with Gasteiger partial charge in [0.1, 0.15) is 5.75 Å². The minimum Gasteiger partial charge on any atom is -0.497 e. The molecule has 0 N–H and O–H groups in total. The fraction of sp³-hybridized carbons (Fsp3) is 0.526. The number of hydrogen-bond donors (Lipinski definition) is 0. The standard InChI is InChI=1S/C19H25N5O3/c1-12-20-18(21-27-12)23-9-14-10-24(19(25)22(2)3)17(16(14)11-23)13-5-7-15(26-4)8-6-13/h5-8,14,16-17H,9-11H2,1-4H3/t14-,16-,17+/m1/s1. The summed E-state index contributed by atoms with van der Waals surface area (Å²) in [7, 11) is 5.26. The van der Waals surface area contributed by atoms with Gasteiger partial charge in [-0.15, -0.1) is 0 Å². The monoisotopic (exact) mass is 371 g/mol. The van der Waals surface area contributed by atoms with Crippen LogP contribution in [-0.2, 0) is 0 Å². The van der Waals surface area contributed by atoms with E-state index in [4.69, 9.17) is 9.26 Å². The smallest absolute Gasteiger partial charge is 0.320 e. The minimum absolute atomic E-state index is 0.0220. The molecular weight excluding hydrogens is 346 g/mol. The Morgan fingerprint density at radius 3 is 2.56 bits per heavy atom. The van der Waals surface area contributed by atoms with E-state index in [1.807, 2.05) is 17.0 Å². The highest BCUT2D eigenvalue weighted by Crippen LogP contribution is 2.46. The number of likely N-dealkylation sites (tertiary alicyclic amines) is 1. The topological polar surface area (TPSA) is 74.9 Å². The normalized spacial score (nSPS) is 24.2. The zero-order valence-corrected chi connectivity index (χ0v) is 16.1. The molecule has 8 heteroatoms. The van der Waals surface area contributed by atoms with E-state index < -0.39 is 0 Å². The Morgan fingerprint density at radius 2 is 1.96 bits per heavy atom. The summed E-state index contributed by atoms with van der Waals surface area (Å²) in [6.07, 6.45) is 0. The quantitative estimate of drug-likeness (QED) is 0.823. The Kier molecular flexibility index (Phi) is 4.41. The second-order valence-corrected chi connectivity index (χ2v) is 7.49. The number of carbonyl (C=O) groups is 1. The molecule has 0 spiro atoms. The highest BCUT2D eigenvalue weighted by atomic mass is 16.5. The summed E-state index contributed by atoms with van der Waals surface area (Å²) in [5.41, 5.74) is 1.13. The Balaban J connectivity index is 1.63. The Labute approximate surface area is 158 Å². The average molecular weight is 371 g/mol. The third-order valence-electron chi connectivity index (χ3n) is 5.55. The predicted molar refractivity (Wildman–Crippen MR) is 99.8 cm³/mol. The van der Waals surface area contributed by atoms with E-state index >= 15 is 0 Å². The number of rotatable bonds is 3. The molecule has 1 aromatic carbocycles. The van der Waals surface area contributed by atoms with Gasteiger partial charge in [-0.1, -0.05) is 12.1 Å². The van der Waals surface area contributed by atoms with Crippen LogP contribution in [0.25, 0.3) is 0 Å². The maximum absolute atomic E-state index is 12.8.